The second-order valence-corrected chi connectivity index (χ2v) is 10.6. The number of ether oxygens (including phenoxy) is 2. The number of carbonyl (C=O) groups excluding carboxylic acids is 2. The van der Waals surface area contributed by atoms with Crippen molar-refractivity contribution >= 4 is 38.6 Å². The highest BCUT2D eigenvalue weighted by atomic mass is 32.2. The summed E-state index contributed by atoms with van der Waals surface area (Å²) in [5.41, 5.74) is 3.24. The molecule has 1 aromatic heterocycles. The zero-order valence-corrected chi connectivity index (χ0v) is 21.9. The third-order valence-corrected chi connectivity index (χ3v) is 7.50. The lowest BCUT2D eigenvalue weighted by molar-refractivity contribution is -0.138. The van der Waals surface area contributed by atoms with Crippen molar-refractivity contribution in [1.82, 2.24) is 14.0 Å². The van der Waals surface area contributed by atoms with E-state index in [2.05, 4.69) is 10.3 Å². The topological polar surface area (TPSA) is 129 Å². The molecule has 1 amide bonds. The van der Waals surface area contributed by atoms with Gasteiger partial charge in [0.15, 0.2) is 0 Å². The van der Waals surface area contributed by atoms with Crippen LogP contribution in [0.4, 0.5) is 5.69 Å². The van der Waals surface area contributed by atoms with Crippen molar-refractivity contribution in [3.8, 4) is 5.75 Å². The number of carbonyl (C=O) groups is 2. The molecular weight excluding hydrogens is 500 g/mol. The van der Waals surface area contributed by atoms with Gasteiger partial charge >= 0.3 is 5.97 Å². The molecule has 0 aliphatic carbocycles. The average molecular weight is 531 g/mol. The number of imidazole rings is 1. The summed E-state index contributed by atoms with van der Waals surface area (Å²) in [7, 11) is -4.27. The smallest absolute Gasteiger partial charge is 0.307 e. The van der Waals surface area contributed by atoms with Gasteiger partial charge in [-0.3, -0.25) is 14.4 Å². The number of sulfonamides is 1. The summed E-state index contributed by atoms with van der Waals surface area (Å²) < 4.78 is 41.3. The van der Waals surface area contributed by atoms with Gasteiger partial charge < -0.3 is 19.4 Å². The predicted molar refractivity (Wildman–Crippen MR) is 135 cm³/mol. The molecule has 198 valence electrons. The molecule has 12 heteroatoms. The second kappa shape index (κ2) is 10.9. The summed E-state index contributed by atoms with van der Waals surface area (Å²) >= 11 is 0. The molecule has 4 rings (SSSR count). The quantitative estimate of drug-likeness (QED) is 0.313. The minimum Gasteiger partial charge on any atom is -0.487 e. The fraction of sp³-hybridized carbons (Fsp3) is 0.400. The first-order valence-electron chi connectivity index (χ1n) is 11.9. The van der Waals surface area contributed by atoms with Crippen LogP contribution in [0, 0.1) is 6.92 Å². The fourth-order valence-electron chi connectivity index (χ4n) is 4.17. The van der Waals surface area contributed by atoms with Gasteiger partial charge in [0.1, 0.15) is 23.4 Å². The lowest BCUT2D eigenvalue weighted by Crippen LogP contribution is -2.41. The fourth-order valence-corrected chi connectivity index (χ4v) is 5.73. The highest BCUT2D eigenvalue weighted by Crippen LogP contribution is 2.33. The number of rotatable bonds is 10. The molecule has 1 fully saturated rings. The molecule has 2 heterocycles. The van der Waals surface area contributed by atoms with Crippen molar-refractivity contribution in [3.05, 3.63) is 48.3 Å². The van der Waals surface area contributed by atoms with Crippen LogP contribution in [0.25, 0.3) is 11.0 Å². The number of hydrogen-bond acceptors (Lipinski definition) is 8. The van der Waals surface area contributed by atoms with Gasteiger partial charge in [-0.25, -0.2) is 13.4 Å². The van der Waals surface area contributed by atoms with Crippen LogP contribution in [0.3, 0.4) is 0 Å². The van der Waals surface area contributed by atoms with Gasteiger partial charge in [-0.1, -0.05) is 10.5 Å². The highest BCUT2D eigenvalue weighted by molar-refractivity contribution is 7.89. The van der Waals surface area contributed by atoms with E-state index in [9.17, 15) is 18.0 Å². The zero-order valence-electron chi connectivity index (χ0n) is 21.1. The van der Waals surface area contributed by atoms with E-state index < -0.39 is 28.1 Å². The van der Waals surface area contributed by atoms with Gasteiger partial charge in [0.25, 0.3) is 10.0 Å². The Balaban J connectivity index is 1.67. The Morgan fingerprint density at radius 2 is 2.08 bits per heavy atom. The van der Waals surface area contributed by atoms with Gasteiger partial charge in [-0.15, -0.1) is 0 Å². The number of nitrogens with one attached hydrogen (secondary N) is 1. The summed E-state index contributed by atoms with van der Waals surface area (Å²) in [6.07, 6.45) is 1.11. The highest BCUT2D eigenvalue weighted by Gasteiger charge is 2.40. The Morgan fingerprint density at radius 1 is 1.30 bits per heavy atom. The maximum Gasteiger partial charge on any atom is 0.307 e. The molecule has 1 unspecified atom stereocenters. The average Bonchev–Trinajstić information content (AvgIpc) is 3.42. The largest absolute Gasteiger partial charge is 0.487 e. The lowest BCUT2D eigenvalue weighted by atomic mass is 10.2. The van der Waals surface area contributed by atoms with E-state index in [1.807, 2.05) is 36.6 Å². The summed E-state index contributed by atoms with van der Waals surface area (Å²) in [6, 6.07) is 9.42. The first-order chi connectivity index (χ1) is 17.6. The van der Waals surface area contributed by atoms with Crippen LogP contribution in [0.1, 0.15) is 32.8 Å². The Kier molecular flexibility index (Phi) is 7.81. The number of esters is 1. The van der Waals surface area contributed by atoms with E-state index in [0.717, 1.165) is 21.1 Å². The van der Waals surface area contributed by atoms with Crippen LogP contribution in [-0.2, 0) is 35.7 Å². The van der Waals surface area contributed by atoms with Crippen LogP contribution in [0.5, 0.6) is 5.75 Å². The number of aryl methyl sites for hydroxylation is 1. The van der Waals surface area contributed by atoms with Crippen LogP contribution in [0.2, 0.25) is 0 Å². The molecule has 2 atom stereocenters. The summed E-state index contributed by atoms with van der Waals surface area (Å²) in [6.45, 7) is 7.16. The molecule has 1 saturated heterocycles. The predicted octanol–water partition coefficient (Wildman–Crippen LogP) is 3.03. The van der Waals surface area contributed by atoms with Gasteiger partial charge in [0.2, 0.25) is 5.91 Å². The normalized spacial score (nSPS) is 16.7. The van der Waals surface area contributed by atoms with Crippen molar-refractivity contribution in [2.24, 2.45) is 0 Å². The van der Waals surface area contributed by atoms with Gasteiger partial charge in [0.05, 0.1) is 43.0 Å². The van der Waals surface area contributed by atoms with E-state index in [-0.39, 0.29) is 36.2 Å². The Morgan fingerprint density at radius 3 is 2.76 bits per heavy atom. The minimum absolute atomic E-state index is 0.0364. The van der Waals surface area contributed by atoms with E-state index in [1.165, 1.54) is 25.1 Å². The SMILES string of the molecule is CCON(C1COC(=O)C1)S(=O)(=O)c1ccc(NC(C)=O)cc1O[C@H](C)Cn1cnc2ccc(C)cc21. The van der Waals surface area contributed by atoms with Crippen LogP contribution < -0.4 is 10.1 Å². The van der Waals surface area contributed by atoms with Crippen molar-refractivity contribution < 1.29 is 32.3 Å². The van der Waals surface area contributed by atoms with Crippen LogP contribution in [0.15, 0.2) is 47.6 Å². The molecule has 37 heavy (non-hydrogen) atoms. The molecular formula is C25H30N4O7S. The molecule has 1 N–H and O–H groups in total. The van der Waals surface area contributed by atoms with Crippen molar-refractivity contribution in [3.63, 3.8) is 0 Å². The van der Waals surface area contributed by atoms with Gasteiger partial charge in [0, 0.05) is 18.7 Å². The van der Waals surface area contributed by atoms with Crippen molar-refractivity contribution in [2.45, 2.75) is 57.7 Å². The molecule has 1 aliphatic heterocycles. The number of anilines is 1. The number of hydroxylamine groups is 1. The number of cyclic esters (lactones) is 1. The number of nitrogens with zero attached hydrogens (tertiary/aromatic N) is 3. The van der Waals surface area contributed by atoms with E-state index >= 15 is 0 Å². The molecule has 2 aromatic carbocycles. The Bertz CT molecular complexity index is 1420. The minimum atomic E-state index is -4.27. The number of amides is 1. The van der Waals surface area contributed by atoms with Crippen LogP contribution >= 0.6 is 0 Å². The van der Waals surface area contributed by atoms with Crippen molar-refractivity contribution in [1.29, 1.82) is 0 Å². The molecule has 0 radical (unpaired) electrons. The summed E-state index contributed by atoms with van der Waals surface area (Å²) in [5.74, 6) is -0.777. The number of fused-ring (bicyclic) bond motifs is 1. The number of aromatic nitrogens is 2. The molecule has 0 bridgehead atoms. The number of benzene rings is 2. The lowest BCUT2D eigenvalue weighted by Gasteiger charge is -2.26. The first-order valence-corrected chi connectivity index (χ1v) is 13.3. The standard InChI is InChI=1S/C25H30N4O7S/c1-5-35-29(20-12-25(31)34-14-20)37(32,33)24-9-7-19(27-18(4)30)11-23(24)36-17(3)13-28-15-26-21-8-6-16(2)10-22(21)28/h6-11,15,17,20H,5,12-14H2,1-4H3,(H,27,30)/t17-,20?/m1/s1. The maximum atomic E-state index is 13.7. The summed E-state index contributed by atoms with van der Waals surface area (Å²) in [5, 5.41) is 2.65. The molecule has 11 nitrogen and oxygen atoms in total. The van der Waals surface area contributed by atoms with E-state index in [0.29, 0.717) is 12.2 Å². The zero-order chi connectivity index (χ0) is 26.7. The molecule has 3 aromatic rings. The van der Waals surface area contributed by atoms with Gasteiger partial charge in [-0.05, 0) is 50.6 Å². The molecule has 0 saturated carbocycles. The monoisotopic (exact) mass is 530 g/mol. The number of hydrogen-bond donors (Lipinski definition) is 1. The molecule has 1 aliphatic rings. The third kappa shape index (κ3) is 5.92. The van der Waals surface area contributed by atoms with E-state index in [4.69, 9.17) is 14.3 Å². The van der Waals surface area contributed by atoms with Crippen LogP contribution in [-0.4, -0.2) is 59.7 Å². The van der Waals surface area contributed by atoms with Crippen molar-refractivity contribution in [2.75, 3.05) is 18.5 Å². The summed E-state index contributed by atoms with van der Waals surface area (Å²) in [4.78, 5) is 33.0. The van der Waals surface area contributed by atoms with Gasteiger partial charge in [-0.2, -0.15) is 0 Å². The third-order valence-electron chi connectivity index (χ3n) is 5.73. The molecule has 0 spiro atoms. The Labute approximate surface area is 215 Å². The first kappa shape index (κ1) is 26.6. The van der Waals surface area contributed by atoms with E-state index in [1.54, 1.807) is 13.3 Å². The Hall–Kier alpha value is -3.48. The maximum absolute atomic E-state index is 13.7. The second-order valence-electron chi connectivity index (χ2n) is 8.88.